The van der Waals surface area contributed by atoms with Crippen molar-refractivity contribution in [2.24, 2.45) is 0 Å². The molecular formula is C18H18N2O2+2. The highest BCUT2D eigenvalue weighted by Gasteiger charge is 2.07. The molecule has 4 heteroatoms. The minimum Gasteiger partial charge on any atom is -0.503 e. The number of aromatic hydroxyl groups is 2. The van der Waals surface area contributed by atoms with Crippen LogP contribution in [0.5, 0.6) is 11.5 Å². The van der Waals surface area contributed by atoms with Crippen molar-refractivity contribution in [3.63, 3.8) is 0 Å². The van der Waals surface area contributed by atoms with Crippen molar-refractivity contribution in [2.75, 3.05) is 0 Å². The summed E-state index contributed by atoms with van der Waals surface area (Å²) in [6.45, 7) is 1.40. The molecule has 0 saturated carbocycles. The molecule has 2 aromatic heterocycles. The van der Waals surface area contributed by atoms with E-state index in [0.29, 0.717) is 13.1 Å². The summed E-state index contributed by atoms with van der Waals surface area (Å²) in [6, 6.07) is 15.2. The Morgan fingerprint density at radius 3 is 1.64 bits per heavy atom. The fourth-order valence-corrected chi connectivity index (χ4v) is 2.46. The lowest BCUT2D eigenvalue weighted by atomic mass is 10.1. The molecule has 0 atom stereocenters. The molecule has 0 unspecified atom stereocenters. The fourth-order valence-electron chi connectivity index (χ4n) is 2.46. The van der Waals surface area contributed by atoms with E-state index in [0.717, 1.165) is 11.1 Å². The molecular weight excluding hydrogens is 276 g/mol. The molecule has 3 rings (SSSR count). The van der Waals surface area contributed by atoms with E-state index in [-0.39, 0.29) is 11.5 Å². The second-order valence-corrected chi connectivity index (χ2v) is 5.29. The molecule has 0 aliphatic rings. The minimum atomic E-state index is 0.258. The lowest BCUT2D eigenvalue weighted by Gasteiger charge is -2.02. The lowest BCUT2D eigenvalue weighted by Crippen LogP contribution is -2.34. The maximum absolute atomic E-state index is 9.52. The zero-order valence-electron chi connectivity index (χ0n) is 12.1. The van der Waals surface area contributed by atoms with Crippen LogP contribution in [0.25, 0.3) is 0 Å². The minimum absolute atomic E-state index is 0.258. The van der Waals surface area contributed by atoms with Gasteiger partial charge in [-0.1, -0.05) is 18.2 Å². The van der Waals surface area contributed by atoms with Gasteiger partial charge in [-0.25, -0.2) is 0 Å². The first-order valence-corrected chi connectivity index (χ1v) is 7.13. The van der Waals surface area contributed by atoms with E-state index in [2.05, 4.69) is 18.2 Å². The van der Waals surface area contributed by atoms with Gasteiger partial charge in [0.05, 0.1) is 0 Å². The van der Waals surface area contributed by atoms with Gasteiger partial charge in [0.15, 0.2) is 37.0 Å². The summed E-state index contributed by atoms with van der Waals surface area (Å²) < 4.78 is 3.88. The van der Waals surface area contributed by atoms with E-state index in [4.69, 9.17) is 0 Å². The SMILES string of the molecule is Oc1ccc[n+](Cc2cccc(C[n+]3cccc(O)c3)c2)c1. The Morgan fingerprint density at radius 1 is 0.682 bits per heavy atom. The van der Waals surface area contributed by atoms with Crippen LogP contribution in [0.2, 0.25) is 0 Å². The highest BCUT2D eigenvalue weighted by molar-refractivity contribution is 5.22. The van der Waals surface area contributed by atoms with Gasteiger partial charge in [0, 0.05) is 23.3 Å². The van der Waals surface area contributed by atoms with Crippen LogP contribution in [0.15, 0.2) is 73.3 Å². The number of hydrogen-bond donors (Lipinski definition) is 2. The Kier molecular flexibility index (Phi) is 4.01. The Bertz CT molecular complexity index is 725. The van der Waals surface area contributed by atoms with Crippen molar-refractivity contribution >= 4 is 0 Å². The molecule has 0 spiro atoms. The van der Waals surface area contributed by atoms with Crippen molar-refractivity contribution in [2.45, 2.75) is 13.1 Å². The van der Waals surface area contributed by atoms with Crippen molar-refractivity contribution < 1.29 is 19.3 Å². The monoisotopic (exact) mass is 294 g/mol. The van der Waals surface area contributed by atoms with Crippen molar-refractivity contribution in [3.05, 3.63) is 84.4 Å². The molecule has 0 saturated heterocycles. The zero-order valence-corrected chi connectivity index (χ0v) is 12.1. The molecule has 110 valence electrons. The Balaban J connectivity index is 1.78. The highest BCUT2D eigenvalue weighted by Crippen LogP contribution is 2.07. The predicted octanol–water partition coefficient (Wildman–Crippen LogP) is 1.77. The standard InChI is InChI=1S/C18H16N2O2/c21-17-6-2-8-19(13-17)11-15-4-1-5-16(10-15)12-20-9-3-7-18(22)14-20/h1-10,13-14H,11-12H2/p+2. The summed E-state index contributed by atoms with van der Waals surface area (Å²) >= 11 is 0. The van der Waals surface area contributed by atoms with E-state index in [1.807, 2.05) is 39.7 Å². The fraction of sp³-hybridized carbons (Fsp3) is 0.111. The second-order valence-electron chi connectivity index (χ2n) is 5.29. The molecule has 0 bridgehead atoms. The summed E-state index contributed by atoms with van der Waals surface area (Å²) in [6.07, 6.45) is 7.26. The molecule has 3 aromatic rings. The van der Waals surface area contributed by atoms with Crippen molar-refractivity contribution in [1.29, 1.82) is 0 Å². The molecule has 1 aromatic carbocycles. The van der Waals surface area contributed by atoms with Gasteiger partial charge in [0.1, 0.15) is 0 Å². The van der Waals surface area contributed by atoms with Gasteiger partial charge in [-0.05, 0) is 18.2 Å². The number of hydrogen-bond acceptors (Lipinski definition) is 2. The molecule has 0 fully saturated rings. The molecule has 0 aliphatic heterocycles. The summed E-state index contributed by atoms with van der Waals surface area (Å²) in [5.74, 6) is 0.517. The first kappa shape index (κ1) is 14.1. The second kappa shape index (κ2) is 6.26. The smallest absolute Gasteiger partial charge is 0.211 e. The van der Waals surface area contributed by atoms with Gasteiger partial charge in [-0.3, -0.25) is 0 Å². The molecule has 4 nitrogen and oxygen atoms in total. The largest absolute Gasteiger partial charge is 0.503 e. The quantitative estimate of drug-likeness (QED) is 0.721. The van der Waals surface area contributed by atoms with E-state index in [9.17, 15) is 10.2 Å². The van der Waals surface area contributed by atoms with Crippen LogP contribution in [0.1, 0.15) is 11.1 Å². The van der Waals surface area contributed by atoms with Gasteiger partial charge in [-0.15, -0.1) is 0 Å². The van der Waals surface area contributed by atoms with Crippen molar-refractivity contribution in [3.8, 4) is 11.5 Å². The Morgan fingerprint density at radius 2 is 1.18 bits per heavy atom. The normalized spacial score (nSPS) is 10.5. The predicted molar refractivity (Wildman–Crippen MR) is 81.2 cm³/mol. The van der Waals surface area contributed by atoms with E-state index in [1.165, 1.54) is 0 Å². The molecule has 0 radical (unpaired) electrons. The van der Waals surface area contributed by atoms with Crippen LogP contribution < -0.4 is 9.13 Å². The van der Waals surface area contributed by atoms with E-state index in [1.54, 1.807) is 24.5 Å². The number of nitrogens with zero attached hydrogens (tertiary/aromatic N) is 2. The lowest BCUT2D eigenvalue weighted by molar-refractivity contribution is -0.689. The van der Waals surface area contributed by atoms with Gasteiger partial charge >= 0.3 is 0 Å². The highest BCUT2D eigenvalue weighted by atomic mass is 16.3. The summed E-state index contributed by atoms with van der Waals surface area (Å²) in [7, 11) is 0. The molecule has 0 aliphatic carbocycles. The number of pyridine rings is 2. The average molecular weight is 294 g/mol. The maximum atomic E-state index is 9.52. The summed E-state index contributed by atoms with van der Waals surface area (Å²) in [5.41, 5.74) is 2.32. The van der Waals surface area contributed by atoms with E-state index >= 15 is 0 Å². The molecule has 2 N–H and O–H groups in total. The third-order valence-electron chi connectivity index (χ3n) is 3.41. The Hall–Kier alpha value is -2.88. The number of aromatic nitrogens is 2. The molecule has 22 heavy (non-hydrogen) atoms. The average Bonchev–Trinajstić information content (AvgIpc) is 2.47. The Labute approximate surface area is 129 Å². The summed E-state index contributed by atoms with van der Waals surface area (Å²) in [4.78, 5) is 0. The van der Waals surface area contributed by atoms with Crippen molar-refractivity contribution in [1.82, 2.24) is 0 Å². The maximum Gasteiger partial charge on any atom is 0.211 e. The first-order valence-electron chi connectivity index (χ1n) is 7.13. The van der Waals surface area contributed by atoms with Gasteiger partial charge < -0.3 is 10.2 Å². The molecule has 0 amide bonds. The molecule has 2 heterocycles. The van der Waals surface area contributed by atoms with Gasteiger partial charge in [-0.2, -0.15) is 9.13 Å². The zero-order chi connectivity index (χ0) is 15.4. The van der Waals surface area contributed by atoms with Crippen LogP contribution in [0.4, 0.5) is 0 Å². The van der Waals surface area contributed by atoms with Crippen LogP contribution in [0.3, 0.4) is 0 Å². The number of benzene rings is 1. The van der Waals surface area contributed by atoms with E-state index < -0.39 is 0 Å². The number of rotatable bonds is 4. The van der Waals surface area contributed by atoms with Gasteiger partial charge in [0.2, 0.25) is 12.4 Å². The van der Waals surface area contributed by atoms with Crippen LogP contribution in [-0.4, -0.2) is 10.2 Å². The third-order valence-corrected chi connectivity index (χ3v) is 3.41. The third kappa shape index (κ3) is 3.61. The topological polar surface area (TPSA) is 48.2 Å². The van der Waals surface area contributed by atoms with Crippen LogP contribution >= 0.6 is 0 Å². The van der Waals surface area contributed by atoms with Gasteiger partial charge in [0.25, 0.3) is 0 Å². The first-order chi connectivity index (χ1) is 10.7. The summed E-state index contributed by atoms with van der Waals surface area (Å²) in [5, 5.41) is 19.0. The van der Waals surface area contributed by atoms with Crippen LogP contribution in [0, 0.1) is 0 Å². The van der Waals surface area contributed by atoms with Crippen LogP contribution in [-0.2, 0) is 13.1 Å².